The molecule has 1 heterocycles. The summed E-state index contributed by atoms with van der Waals surface area (Å²) in [5.74, 6) is 2.49. The number of aryl methyl sites for hydroxylation is 1. The Kier molecular flexibility index (Phi) is 3.62. The predicted molar refractivity (Wildman–Crippen MR) is 69.1 cm³/mol. The Morgan fingerprint density at radius 1 is 1.28 bits per heavy atom. The Balaban J connectivity index is 2.00. The third kappa shape index (κ3) is 2.68. The first-order chi connectivity index (χ1) is 8.58. The van der Waals surface area contributed by atoms with Gasteiger partial charge in [-0.05, 0) is 31.5 Å². The minimum Gasteiger partial charge on any atom is -0.486 e. The van der Waals surface area contributed by atoms with Crippen LogP contribution in [0.15, 0.2) is 24.3 Å². The molecule has 1 atom stereocenters. The van der Waals surface area contributed by atoms with Crippen LogP contribution in [-0.4, -0.2) is 14.8 Å². The zero-order chi connectivity index (χ0) is 13.1. The molecule has 0 aliphatic heterocycles. The van der Waals surface area contributed by atoms with Crippen molar-refractivity contribution < 1.29 is 4.74 Å². The number of hydrogen-bond acceptors (Lipinski definition) is 4. The van der Waals surface area contributed by atoms with Gasteiger partial charge in [0.1, 0.15) is 18.2 Å². The zero-order valence-electron chi connectivity index (χ0n) is 10.9. The van der Waals surface area contributed by atoms with Crippen LogP contribution < -0.4 is 10.5 Å². The highest BCUT2D eigenvalue weighted by atomic mass is 16.5. The number of rotatable bonds is 4. The number of nitrogens with two attached hydrogens (primary N) is 1. The summed E-state index contributed by atoms with van der Waals surface area (Å²) in [6, 6.07) is 7.83. The molecule has 2 aromatic rings. The van der Waals surface area contributed by atoms with Crippen molar-refractivity contribution in [2.75, 3.05) is 0 Å². The highest BCUT2D eigenvalue weighted by Crippen LogP contribution is 2.16. The van der Waals surface area contributed by atoms with E-state index in [2.05, 4.69) is 10.2 Å². The lowest BCUT2D eigenvalue weighted by atomic mass is 10.1. The third-order valence-corrected chi connectivity index (χ3v) is 2.96. The average Bonchev–Trinajstić information content (AvgIpc) is 2.68. The second-order valence-corrected chi connectivity index (χ2v) is 4.37. The van der Waals surface area contributed by atoms with Gasteiger partial charge in [0, 0.05) is 13.1 Å². The van der Waals surface area contributed by atoms with Crippen LogP contribution in [0.1, 0.15) is 30.2 Å². The molecule has 0 spiro atoms. The monoisotopic (exact) mass is 246 g/mol. The van der Waals surface area contributed by atoms with Gasteiger partial charge in [-0.2, -0.15) is 0 Å². The highest BCUT2D eigenvalue weighted by Gasteiger charge is 2.05. The van der Waals surface area contributed by atoms with E-state index in [1.54, 1.807) is 0 Å². The summed E-state index contributed by atoms with van der Waals surface area (Å²) in [5, 5.41) is 8.03. The molecule has 0 aliphatic carbocycles. The summed E-state index contributed by atoms with van der Waals surface area (Å²) in [5.41, 5.74) is 6.88. The van der Waals surface area contributed by atoms with Gasteiger partial charge in [-0.25, -0.2) is 0 Å². The Labute approximate surface area is 107 Å². The zero-order valence-corrected chi connectivity index (χ0v) is 10.9. The molecule has 0 radical (unpaired) electrons. The molecular weight excluding hydrogens is 228 g/mol. The van der Waals surface area contributed by atoms with Crippen LogP contribution in [0.5, 0.6) is 5.75 Å². The standard InChI is InChI=1S/C13H18N4O/c1-9(14)11-4-6-12(7-5-11)18-8-13-16-15-10(2)17(13)3/h4-7,9H,8,14H2,1-3H3/t9-/m1/s1. The lowest BCUT2D eigenvalue weighted by molar-refractivity contribution is 0.291. The van der Waals surface area contributed by atoms with Gasteiger partial charge in [0.25, 0.3) is 0 Å². The van der Waals surface area contributed by atoms with Crippen LogP contribution in [0.3, 0.4) is 0 Å². The summed E-state index contributed by atoms with van der Waals surface area (Å²) < 4.78 is 7.57. The van der Waals surface area contributed by atoms with Crippen LogP contribution in [0.2, 0.25) is 0 Å². The van der Waals surface area contributed by atoms with Crippen LogP contribution in [0.4, 0.5) is 0 Å². The maximum atomic E-state index is 5.79. The quantitative estimate of drug-likeness (QED) is 0.892. The van der Waals surface area contributed by atoms with Crippen molar-refractivity contribution in [3.05, 3.63) is 41.5 Å². The first-order valence-corrected chi connectivity index (χ1v) is 5.91. The SMILES string of the molecule is Cc1nnc(COc2ccc([C@@H](C)N)cc2)n1C. The minimum absolute atomic E-state index is 0.0421. The summed E-state index contributed by atoms with van der Waals surface area (Å²) >= 11 is 0. The lowest BCUT2D eigenvalue weighted by Gasteiger charge is -2.08. The lowest BCUT2D eigenvalue weighted by Crippen LogP contribution is -2.06. The van der Waals surface area contributed by atoms with Crippen molar-refractivity contribution in [3.8, 4) is 5.75 Å². The Morgan fingerprint density at radius 3 is 2.44 bits per heavy atom. The molecule has 0 bridgehead atoms. The normalized spacial score (nSPS) is 12.4. The van der Waals surface area contributed by atoms with Gasteiger partial charge < -0.3 is 15.0 Å². The van der Waals surface area contributed by atoms with Crippen molar-refractivity contribution in [1.29, 1.82) is 0 Å². The second-order valence-electron chi connectivity index (χ2n) is 4.37. The van der Waals surface area contributed by atoms with E-state index in [0.29, 0.717) is 6.61 Å². The third-order valence-electron chi connectivity index (χ3n) is 2.96. The molecule has 2 N–H and O–H groups in total. The molecule has 5 heteroatoms. The number of benzene rings is 1. The molecular formula is C13H18N4O. The topological polar surface area (TPSA) is 66.0 Å². The molecule has 0 aliphatic rings. The largest absolute Gasteiger partial charge is 0.486 e. The first kappa shape index (κ1) is 12.6. The van der Waals surface area contributed by atoms with Gasteiger partial charge in [0.2, 0.25) is 0 Å². The maximum absolute atomic E-state index is 5.79. The van der Waals surface area contributed by atoms with Crippen LogP contribution in [0, 0.1) is 6.92 Å². The molecule has 0 unspecified atom stereocenters. The average molecular weight is 246 g/mol. The van der Waals surface area contributed by atoms with E-state index < -0.39 is 0 Å². The Bertz CT molecular complexity index is 516. The molecule has 96 valence electrons. The second kappa shape index (κ2) is 5.18. The minimum atomic E-state index is 0.0421. The molecule has 1 aromatic heterocycles. The fraction of sp³-hybridized carbons (Fsp3) is 0.385. The summed E-state index contributed by atoms with van der Waals surface area (Å²) in [6.07, 6.45) is 0. The smallest absolute Gasteiger partial charge is 0.170 e. The van der Waals surface area contributed by atoms with E-state index in [1.807, 2.05) is 49.7 Å². The summed E-state index contributed by atoms with van der Waals surface area (Å²) in [7, 11) is 1.92. The van der Waals surface area contributed by atoms with Gasteiger partial charge in [0.15, 0.2) is 5.82 Å². The molecule has 0 amide bonds. The molecule has 1 aromatic carbocycles. The van der Waals surface area contributed by atoms with E-state index in [1.165, 1.54) is 0 Å². The van der Waals surface area contributed by atoms with Gasteiger partial charge in [-0.15, -0.1) is 10.2 Å². The van der Waals surface area contributed by atoms with Crippen LogP contribution >= 0.6 is 0 Å². The molecule has 5 nitrogen and oxygen atoms in total. The Morgan fingerprint density at radius 2 is 1.94 bits per heavy atom. The Hall–Kier alpha value is -1.88. The number of ether oxygens (including phenoxy) is 1. The van der Waals surface area contributed by atoms with Gasteiger partial charge in [0.05, 0.1) is 0 Å². The first-order valence-electron chi connectivity index (χ1n) is 5.91. The van der Waals surface area contributed by atoms with E-state index in [-0.39, 0.29) is 6.04 Å². The van der Waals surface area contributed by atoms with E-state index >= 15 is 0 Å². The molecule has 0 saturated carbocycles. The maximum Gasteiger partial charge on any atom is 0.170 e. The van der Waals surface area contributed by atoms with Gasteiger partial charge in [-0.3, -0.25) is 0 Å². The van der Waals surface area contributed by atoms with Crippen molar-refractivity contribution in [2.24, 2.45) is 12.8 Å². The molecule has 0 fully saturated rings. The van der Waals surface area contributed by atoms with Gasteiger partial charge >= 0.3 is 0 Å². The predicted octanol–water partition coefficient (Wildman–Crippen LogP) is 1.72. The van der Waals surface area contributed by atoms with Gasteiger partial charge in [-0.1, -0.05) is 12.1 Å². The molecule has 18 heavy (non-hydrogen) atoms. The van der Waals surface area contributed by atoms with Crippen molar-refractivity contribution in [2.45, 2.75) is 26.5 Å². The summed E-state index contributed by atoms with van der Waals surface area (Å²) in [4.78, 5) is 0. The van der Waals surface area contributed by atoms with Crippen LogP contribution in [-0.2, 0) is 13.7 Å². The van der Waals surface area contributed by atoms with E-state index in [9.17, 15) is 0 Å². The van der Waals surface area contributed by atoms with Crippen molar-refractivity contribution in [1.82, 2.24) is 14.8 Å². The number of aromatic nitrogens is 3. The van der Waals surface area contributed by atoms with Crippen molar-refractivity contribution in [3.63, 3.8) is 0 Å². The fourth-order valence-electron chi connectivity index (χ4n) is 1.59. The number of hydrogen-bond donors (Lipinski definition) is 1. The molecule has 0 saturated heterocycles. The van der Waals surface area contributed by atoms with E-state index in [0.717, 1.165) is 23.0 Å². The van der Waals surface area contributed by atoms with Crippen LogP contribution in [0.25, 0.3) is 0 Å². The fourth-order valence-corrected chi connectivity index (χ4v) is 1.59. The van der Waals surface area contributed by atoms with Crippen molar-refractivity contribution >= 4 is 0 Å². The molecule has 2 rings (SSSR count). The number of nitrogens with zero attached hydrogens (tertiary/aromatic N) is 3. The van der Waals surface area contributed by atoms with E-state index in [4.69, 9.17) is 10.5 Å². The summed E-state index contributed by atoms with van der Waals surface area (Å²) in [6.45, 7) is 4.28. The highest BCUT2D eigenvalue weighted by molar-refractivity contribution is 5.28.